The number of benzene rings is 2. The van der Waals surface area contributed by atoms with Crippen LogP contribution in [-0.4, -0.2) is 24.7 Å². The highest BCUT2D eigenvalue weighted by Gasteiger charge is 2.27. The first kappa shape index (κ1) is 14.1. The fourth-order valence-electron chi connectivity index (χ4n) is 2.65. The van der Waals surface area contributed by atoms with Gasteiger partial charge in [0.2, 0.25) is 0 Å². The lowest BCUT2D eigenvalue weighted by Crippen LogP contribution is -2.32. The third-order valence-electron chi connectivity index (χ3n) is 3.84. The van der Waals surface area contributed by atoms with Crippen LogP contribution in [0, 0.1) is 12.3 Å². The predicted octanol–water partition coefficient (Wildman–Crippen LogP) is 2.87. The highest BCUT2D eigenvalue weighted by atomic mass is 16.2. The van der Waals surface area contributed by atoms with Crippen molar-refractivity contribution in [3.63, 3.8) is 0 Å². The van der Waals surface area contributed by atoms with Crippen LogP contribution < -0.4 is 4.90 Å². The summed E-state index contributed by atoms with van der Waals surface area (Å²) in [6.45, 7) is 1.82. The number of nitrogens with zero attached hydrogens (tertiary/aromatic N) is 2. The van der Waals surface area contributed by atoms with Gasteiger partial charge >= 0.3 is 0 Å². The zero-order valence-corrected chi connectivity index (χ0v) is 12.6. The molecule has 0 saturated carbocycles. The molecule has 0 unspecified atom stereocenters. The summed E-state index contributed by atoms with van der Waals surface area (Å²) in [7, 11) is 1.77. The molecule has 3 heteroatoms. The Hall–Kier alpha value is -2.86. The second kappa shape index (κ2) is 5.50. The number of carbonyl (C=O) groups is 1. The van der Waals surface area contributed by atoms with Crippen molar-refractivity contribution in [1.29, 1.82) is 0 Å². The van der Waals surface area contributed by atoms with Gasteiger partial charge in [-0.15, -0.1) is 6.42 Å². The molecule has 1 atom stereocenters. The van der Waals surface area contributed by atoms with Crippen LogP contribution in [0.3, 0.4) is 0 Å². The first-order valence-electron chi connectivity index (χ1n) is 7.13. The Morgan fingerprint density at radius 1 is 1.18 bits per heavy atom. The minimum absolute atomic E-state index is 0.0272. The zero-order valence-electron chi connectivity index (χ0n) is 12.6. The Balaban J connectivity index is 2.29. The molecule has 108 valence electrons. The molecule has 2 aromatic carbocycles. The summed E-state index contributed by atoms with van der Waals surface area (Å²) < 4.78 is 0. The van der Waals surface area contributed by atoms with Gasteiger partial charge in [0.05, 0.1) is 11.4 Å². The maximum absolute atomic E-state index is 12.4. The van der Waals surface area contributed by atoms with Gasteiger partial charge in [0.15, 0.2) is 0 Å². The molecule has 0 radical (unpaired) electrons. The van der Waals surface area contributed by atoms with Crippen molar-refractivity contribution in [1.82, 2.24) is 0 Å². The van der Waals surface area contributed by atoms with Gasteiger partial charge in [-0.2, -0.15) is 0 Å². The summed E-state index contributed by atoms with van der Waals surface area (Å²) in [5.74, 6) is 2.62. The van der Waals surface area contributed by atoms with Crippen molar-refractivity contribution in [2.45, 2.75) is 13.0 Å². The molecule has 0 N–H and O–H groups in total. The van der Waals surface area contributed by atoms with Crippen molar-refractivity contribution in [2.75, 3.05) is 11.9 Å². The SMILES string of the molecule is C#Cc1ccc2c(c1)C(c1ccccc1)=N[C@H](C)C(=O)N2C. The van der Waals surface area contributed by atoms with Gasteiger partial charge in [-0.05, 0) is 25.1 Å². The van der Waals surface area contributed by atoms with Crippen molar-refractivity contribution in [3.8, 4) is 12.3 Å². The molecule has 0 spiro atoms. The summed E-state index contributed by atoms with van der Waals surface area (Å²) in [4.78, 5) is 18.7. The largest absolute Gasteiger partial charge is 0.313 e. The average molecular weight is 288 g/mol. The van der Waals surface area contributed by atoms with Gasteiger partial charge in [-0.1, -0.05) is 36.3 Å². The lowest BCUT2D eigenvalue weighted by Gasteiger charge is -2.19. The van der Waals surface area contributed by atoms with Gasteiger partial charge in [0, 0.05) is 23.7 Å². The molecule has 3 nitrogen and oxygen atoms in total. The summed E-state index contributed by atoms with van der Waals surface area (Å²) in [6, 6.07) is 15.1. The topological polar surface area (TPSA) is 32.7 Å². The number of rotatable bonds is 1. The van der Waals surface area contributed by atoms with Gasteiger partial charge < -0.3 is 4.90 Å². The molecule has 1 aliphatic heterocycles. The van der Waals surface area contributed by atoms with Crippen molar-refractivity contribution in [3.05, 3.63) is 65.2 Å². The Bertz CT molecular complexity index is 800. The smallest absolute Gasteiger partial charge is 0.251 e. The molecule has 0 fully saturated rings. The molecule has 0 aromatic heterocycles. The minimum atomic E-state index is -0.429. The van der Waals surface area contributed by atoms with Gasteiger partial charge in [0.25, 0.3) is 5.91 Å². The number of aliphatic imine (C=N–C) groups is 1. The maximum Gasteiger partial charge on any atom is 0.251 e. The number of amides is 1. The number of carbonyl (C=O) groups excluding carboxylic acids is 1. The molecule has 0 aliphatic carbocycles. The highest BCUT2D eigenvalue weighted by Crippen LogP contribution is 2.28. The molecule has 1 heterocycles. The van der Waals surface area contributed by atoms with E-state index in [1.54, 1.807) is 11.9 Å². The van der Waals surface area contributed by atoms with E-state index >= 15 is 0 Å². The lowest BCUT2D eigenvalue weighted by atomic mass is 9.98. The van der Waals surface area contributed by atoms with Crippen molar-refractivity contribution < 1.29 is 4.79 Å². The van der Waals surface area contributed by atoms with Gasteiger partial charge in [0.1, 0.15) is 6.04 Å². The Labute approximate surface area is 130 Å². The second-order valence-corrected chi connectivity index (χ2v) is 5.29. The number of hydrogen-bond acceptors (Lipinski definition) is 2. The first-order valence-corrected chi connectivity index (χ1v) is 7.13. The number of fused-ring (bicyclic) bond motifs is 1. The van der Waals surface area contributed by atoms with E-state index in [2.05, 4.69) is 10.9 Å². The summed E-state index contributed by atoms with van der Waals surface area (Å²) >= 11 is 0. The van der Waals surface area contributed by atoms with Crippen LogP contribution in [-0.2, 0) is 4.79 Å². The molecule has 3 rings (SSSR count). The van der Waals surface area contributed by atoms with E-state index in [1.165, 1.54) is 0 Å². The van der Waals surface area contributed by atoms with Crippen LogP contribution in [0.25, 0.3) is 0 Å². The molecule has 1 amide bonds. The van der Waals surface area contributed by atoms with E-state index in [0.717, 1.165) is 28.1 Å². The van der Waals surface area contributed by atoms with Crippen LogP contribution in [0.4, 0.5) is 5.69 Å². The zero-order chi connectivity index (χ0) is 15.7. The van der Waals surface area contributed by atoms with E-state index < -0.39 is 6.04 Å². The molecular formula is C19H16N2O. The highest BCUT2D eigenvalue weighted by molar-refractivity contribution is 6.20. The standard InChI is InChI=1S/C19H16N2O/c1-4-14-10-11-17-16(12-14)18(15-8-6-5-7-9-15)20-13(2)19(22)21(17)3/h1,5-13H,2-3H3/t13-/m1/s1. The Morgan fingerprint density at radius 3 is 2.59 bits per heavy atom. The number of hydrogen-bond donors (Lipinski definition) is 0. The molecule has 1 aliphatic rings. The minimum Gasteiger partial charge on any atom is -0.313 e. The van der Waals surface area contributed by atoms with Crippen molar-refractivity contribution >= 4 is 17.3 Å². The van der Waals surface area contributed by atoms with E-state index in [1.807, 2.05) is 55.5 Å². The molecule has 0 bridgehead atoms. The summed E-state index contributed by atoms with van der Waals surface area (Å²) in [5.41, 5.74) is 4.28. The molecule has 0 saturated heterocycles. The molecule has 2 aromatic rings. The average Bonchev–Trinajstić information content (AvgIpc) is 2.66. The van der Waals surface area contributed by atoms with Crippen LogP contribution in [0.5, 0.6) is 0 Å². The van der Waals surface area contributed by atoms with E-state index in [4.69, 9.17) is 6.42 Å². The quantitative estimate of drug-likeness (QED) is 0.743. The van der Waals surface area contributed by atoms with E-state index in [9.17, 15) is 4.79 Å². The number of benzodiazepines with no additional fused rings is 1. The van der Waals surface area contributed by atoms with E-state index in [-0.39, 0.29) is 5.91 Å². The fraction of sp³-hybridized carbons (Fsp3) is 0.158. The van der Waals surface area contributed by atoms with Crippen LogP contribution in [0.2, 0.25) is 0 Å². The third kappa shape index (κ3) is 2.29. The van der Waals surface area contributed by atoms with Crippen LogP contribution in [0.15, 0.2) is 53.5 Å². The predicted molar refractivity (Wildman–Crippen MR) is 89.3 cm³/mol. The number of likely N-dealkylation sites (N-methyl/N-ethyl adjacent to an activating group) is 1. The lowest BCUT2D eigenvalue weighted by molar-refractivity contribution is -0.119. The fourth-order valence-corrected chi connectivity index (χ4v) is 2.65. The molecular weight excluding hydrogens is 272 g/mol. The van der Waals surface area contributed by atoms with Gasteiger partial charge in [-0.25, -0.2) is 0 Å². The van der Waals surface area contributed by atoms with Crippen LogP contribution >= 0.6 is 0 Å². The first-order chi connectivity index (χ1) is 10.6. The monoisotopic (exact) mass is 288 g/mol. The Kier molecular flexibility index (Phi) is 3.52. The summed E-state index contributed by atoms with van der Waals surface area (Å²) in [5, 5.41) is 0. The second-order valence-electron chi connectivity index (χ2n) is 5.29. The van der Waals surface area contributed by atoms with E-state index in [0.29, 0.717) is 0 Å². The molecule has 22 heavy (non-hydrogen) atoms. The Morgan fingerprint density at radius 2 is 1.91 bits per heavy atom. The summed E-state index contributed by atoms with van der Waals surface area (Å²) in [6.07, 6.45) is 5.52. The number of terminal acetylenes is 1. The maximum atomic E-state index is 12.4. The number of anilines is 1. The van der Waals surface area contributed by atoms with Crippen LogP contribution in [0.1, 0.15) is 23.6 Å². The van der Waals surface area contributed by atoms with Crippen molar-refractivity contribution in [2.24, 2.45) is 4.99 Å². The third-order valence-corrected chi connectivity index (χ3v) is 3.84. The van der Waals surface area contributed by atoms with Gasteiger partial charge in [-0.3, -0.25) is 9.79 Å². The normalized spacial score (nSPS) is 17.3.